The van der Waals surface area contributed by atoms with E-state index in [1.165, 1.54) is 0 Å². The molecule has 2 atom stereocenters. The molecule has 19 heavy (non-hydrogen) atoms. The van der Waals surface area contributed by atoms with E-state index in [-0.39, 0.29) is 5.91 Å². The number of carbonyl (C=O) groups is 1. The van der Waals surface area contributed by atoms with Crippen LogP contribution in [0.25, 0.3) is 0 Å². The van der Waals surface area contributed by atoms with Crippen molar-refractivity contribution >= 4 is 27.5 Å². The number of nitrogens with zero attached hydrogens (tertiary/aromatic N) is 1. The first-order chi connectivity index (χ1) is 9.22. The van der Waals surface area contributed by atoms with Crippen molar-refractivity contribution in [3.05, 3.63) is 28.7 Å². The topological polar surface area (TPSA) is 44.4 Å². The number of hydrogen-bond donors (Lipinski definition) is 2. The quantitative estimate of drug-likeness (QED) is 0.886. The Hall–Kier alpha value is -0.910. The van der Waals surface area contributed by atoms with Crippen molar-refractivity contribution in [2.75, 3.05) is 38.0 Å². The molecule has 0 spiro atoms. The second kappa shape index (κ2) is 5.61. The van der Waals surface area contributed by atoms with Gasteiger partial charge < -0.3 is 10.6 Å². The van der Waals surface area contributed by atoms with Crippen molar-refractivity contribution in [1.82, 2.24) is 10.2 Å². The van der Waals surface area contributed by atoms with Gasteiger partial charge in [-0.2, -0.15) is 0 Å². The third kappa shape index (κ3) is 2.99. The van der Waals surface area contributed by atoms with Gasteiger partial charge in [0.15, 0.2) is 0 Å². The number of para-hydroxylation sites is 1. The van der Waals surface area contributed by atoms with E-state index in [4.69, 9.17) is 0 Å². The van der Waals surface area contributed by atoms with Gasteiger partial charge in [-0.1, -0.05) is 12.1 Å². The van der Waals surface area contributed by atoms with E-state index in [1.54, 1.807) is 0 Å². The minimum atomic E-state index is 0.0693. The number of benzene rings is 1. The van der Waals surface area contributed by atoms with Gasteiger partial charge in [0, 0.05) is 17.6 Å². The summed E-state index contributed by atoms with van der Waals surface area (Å²) in [6, 6.07) is 7.70. The highest BCUT2D eigenvalue weighted by molar-refractivity contribution is 9.10. The van der Waals surface area contributed by atoms with E-state index >= 15 is 0 Å². The Labute approximate surface area is 121 Å². The maximum absolute atomic E-state index is 12.1. The molecule has 4 nitrogen and oxygen atoms in total. The van der Waals surface area contributed by atoms with Gasteiger partial charge in [0.2, 0.25) is 5.91 Å². The highest BCUT2D eigenvalue weighted by Gasteiger charge is 2.36. The van der Waals surface area contributed by atoms with Gasteiger partial charge >= 0.3 is 0 Å². The van der Waals surface area contributed by atoms with E-state index in [1.807, 2.05) is 24.3 Å². The summed E-state index contributed by atoms with van der Waals surface area (Å²) in [5.41, 5.74) is 0.841. The summed E-state index contributed by atoms with van der Waals surface area (Å²) < 4.78 is 0.922. The molecule has 2 aliphatic rings. The van der Waals surface area contributed by atoms with Crippen LogP contribution in [0.15, 0.2) is 28.7 Å². The lowest BCUT2D eigenvalue weighted by Gasteiger charge is -2.16. The zero-order valence-corrected chi connectivity index (χ0v) is 12.3. The van der Waals surface area contributed by atoms with Crippen molar-refractivity contribution in [3.63, 3.8) is 0 Å². The number of likely N-dealkylation sites (tertiary alicyclic amines) is 1. The molecule has 3 rings (SSSR count). The van der Waals surface area contributed by atoms with Gasteiger partial charge in [0.25, 0.3) is 0 Å². The summed E-state index contributed by atoms with van der Waals surface area (Å²) >= 11 is 3.44. The summed E-state index contributed by atoms with van der Waals surface area (Å²) in [7, 11) is 0. The molecule has 0 bridgehead atoms. The fourth-order valence-corrected chi connectivity index (χ4v) is 3.42. The van der Waals surface area contributed by atoms with Crippen molar-refractivity contribution in [3.8, 4) is 0 Å². The predicted octanol–water partition coefficient (Wildman–Crippen LogP) is 1.54. The lowest BCUT2D eigenvalue weighted by Crippen LogP contribution is -2.33. The summed E-state index contributed by atoms with van der Waals surface area (Å²) in [5.74, 6) is 1.53. The average Bonchev–Trinajstić information content (AvgIpc) is 2.92. The van der Waals surface area contributed by atoms with Crippen LogP contribution in [0.3, 0.4) is 0 Å². The molecule has 2 heterocycles. The lowest BCUT2D eigenvalue weighted by atomic mass is 10.0. The molecule has 2 aliphatic heterocycles. The molecule has 2 fully saturated rings. The Morgan fingerprint density at radius 2 is 2.00 bits per heavy atom. The standard InChI is InChI=1S/C14H18BrN3O/c15-12-3-1-2-4-13(12)17-14(19)9-18-7-10-5-16-6-11(10)8-18/h1-4,10-11,16H,5-9H2,(H,17,19)/t10-,11+. The van der Waals surface area contributed by atoms with E-state index < -0.39 is 0 Å². The van der Waals surface area contributed by atoms with Gasteiger partial charge in [0.05, 0.1) is 12.2 Å². The van der Waals surface area contributed by atoms with Crippen molar-refractivity contribution in [2.24, 2.45) is 11.8 Å². The Morgan fingerprint density at radius 1 is 1.32 bits per heavy atom. The second-order valence-corrected chi connectivity index (χ2v) is 6.25. The number of halogens is 1. The minimum absolute atomic E-state index is 0.0693. The van der Waals surface area contributed by atoms with Crippen LogP contribution in [0.4, 0.5) is 5.69 Å². The molecule has 0 saturated carbocycles. The Kier molecular flexibility index (Phi) is 3.86. The molecular formula is C14H18BrN3O. The van der Waals surface area contributed by atoms with Crippen LogP contribution in [0.5, 0.6) is 0 Å². The molecule has 0 aromatic heterocycles. The fourth-order valence-electron chi connectivity index (χ4n) is 3.04. The van der Waals surface area contributed by atoms with Gasteiger partial charge in [-0.05, 0) is 53.0 Å². The number of anilines is 1. The first-order valence-electron chi connectivity index (χ1n) is 6.70. The number of carbonyl (C=O) groups excluding carboxylic acids is 1. The second-order valence-electron chi connectivity index (χ2n) is 5.40. The van der Waals surface area contributed by atoms with Crippen molar-refractivity contribution < 1.29 is 4.79 Å². The molecule has 2 saturated heterocycles. The molecule has 102 valence electrons. The van der Waals surface area contributed by atoms with Gasteiger partial charge in [0.1, 0.15) is 0 Å². The number of rotatable bonds is 3. The normalized spacial score (nSPS) is 26.4. The first-order valence-corrected chi connectivity index (χ1v) is 7.49. The van der Waals surface area contributed by atoms with Crippen LogP contribution in [0, 0.1) is 11.8 Å². The van der Waals surface area contributed by atoms with E-state index in [0.29, 0.717) is 6.54 Å². The lowest BCUT2D eigenvalue weighted by molar-refractivity contribution is -0.117. The van der Waals surface area contributed by atoms with Crippen LogP contribution in [-0.4, -0.2) is 43.5 Å². The summed E-state index contributed by atoms with van der Waals surface area (Å²) in [4.78, 5) is 14.3. The minimum Gasteiger partial charge on any atom is -0.324 e. The zero-order chi connectivity index (χ0) is 13.2. The highest BCUT2D eigenvalue weighted by atomic mass is 79.9. The molecule has 2 N–H and O–H groups in total. The monoisotopic (exact) mass is 323 g/mol. The Balaban J connectivity index is 1.53. The molecule has 1 aromatic rings. The Morgan fingerprint density at radius 3 is 2.68 bits per heavy atom. The predicted molar refractivity (Wildman–Crippen MR) is 79.1 cm³/mol. The van der Waals surface area contributed by atoms with Crippen LogP contribution < -0.4 is 10.6 Å². The van der Waals surface area contributed by atoms with Gasteiger partial charge in [-0.15, -0.1) is 0 Å². The average molecular weight is 324 g/mol. The maximum atomic E-state index is 12.1. The maximum Gasteiger partial charge on any atom is 0.238 e. The molecule has 0 aliphatic carbocycles. The smallest absolute Gasteiger partial charge is 0.238 e. The van der Waals surface area contributed by atoms with E-state index in [9.17, 15) is 4.79 Å². The molecule has 0 radical (unpaired) electrons. The van der Waals surface area contributed by atoms with Crippen LogP contribution in [0.2, 0.25) is 0 Å². The van der Waals surface area contributed by atoms with Gasteiger partial charge in [-0.25, -0.2) is 0 Å². The summed E-state index contributed by atoms with van der Waals surface area (Å²) in [5, 5.41) is 6.37. The molecule has 0 unspecified atom stereocenters. The third-order valence-corrected chi connectivity index (χ3v) is 4.67. The van der Waals surface area contributed by atoms with Gasteiger partial charge in [-0.3, -0.25) is 9.69 Å². The van der Waals surface area contributed by atoms with Crippen LogP contribution in [0.1, 0.15) is 0 Å². The van der Waals surface area contributed by atoms with Crippen LogP contribution >= 0.6 is 15.9 Å². The highest BCUT2D eigenvalue weighted by Crippen LogP contribution is 2.26. The molecule has 5 heteroatoms. The zero-order valence-electron chi connectivity index (χ0n) is 10.7. The number of fused-ring (bicyclic) bond motifs is 1. The van der Waals surface area contributed by atoms with Crippen molar-refractivity contribution in [1.29, 1.82) is 0 Å². The fraction of sp³-hybridized carbons (Fsp3) is 0.500. The summed E-state index contributed by atoms with van der Waals surface area (Å²) in [6.07, 6.45) is 0. The largest absolute Gasteiger partial charge is 0.324 e. The number of amides is 1. The van der Waals surface area contributed by atoms with Crippen LogP contribution in [-0.2, 0) is 4.79 Å². The summed E-state index contributed by atoms with van der Waals surface area (Å²) in [6.45, 7) is 4.79. The Bertz CT molecular complexity index is 468. The molecule has 1 aromatic carbocycles. The molecule has 1 amide bonds. The third-order valence-electron chi connectivity index (χ3n) is 3.98. The SMILES string of the molecule is O=C(CN1C[C@H]2CNC[C@H]2C1)Nc1ccccc1Br. The number of hydrogen-bond acceptors (Lipinski definition) is 3. The first kappa shape index (κ1) is 13.1. The molecular weight excluding hydrogens is 306 g/mol. The number of nitrogens with one attached hydrogen (secondary N) is 2. The van der Waals surface area contributed by atoms with E-state index in [2.05, 4.69) is 31.5 Å². The van der Waals surface area contributed by atoms with E-state index in [0.717, 1.165) is 48.2 Å². The van der Waals surface area contributed by atoms with Crippen molar-refractivity contribution in [2.45, 2.75) is 0 Å².